The van der Waals surface area contributed by atoms with Gasteiger partial charge in [0.25, 0.3) is 0 Å². The number of benzene rings is 1. The molecular formula is C9H4IN. The van der Waals surface area contributed by atoms with E-state index in [-0.39, 0.29) is 0 Å². The van der Waals surface area contributed by atoms with Crippen molar-refractivity contribution in [2.45, 2.75) is 0 Å². The zero-order valence-electron chi connectivity index (χ0n) is 5.63. The lowest BCUT2D eigenvalue weighted by Crippen LogP contribution is -1.74. The fraction of sp³-hybridized carbons (Fsp3) is 0. The molecule has 1 nitrogen and oxygen atoms in total. The minimum absolute atomic E-state index is 0.670. The van der Waals surface area contributed by atoms with E-state index in [4.69, 9.17) is 5.26 Å². The average molecular weight is 249 g/mol. The Labute approximate surface area is 79.2 Å². The van der Waals surface area contributed by atoms with E-state index in [1.807, 2.05) is 40.8 Å². The maximum Gasteiger partial charge on any atom is 0.0991 e. The van der Waals surface area contributed by atoms with Crippen molar-refractivity contribution < 1.29 is 0 Å². The highest BCUT2D eigenvalue weighted by Crippen LogP contribution is 2.01. The lowest BCUT2D eigenvalue weighted by atomic mass is 10.2. The molecule has 0 bridgehead atoms. The maximum absolute atomic E-state index is 8.47. The molecule has 0 aliphatic carbocycles. The molecule has 0 saturated carbocycles. The van der Waals surface area contributed by atoms with E-state index < -0.39 is 0 Å². The normalized spacial score (nSPS) is 7.64. The minimum atomic E-state index is 0.670. The van der Waals surface area contributed by atoms with E-state index in [2.05, 4.69) is 9.85 Å². The van der Waals surface area contributed by atoms with Crippen LogP contribution in [0.4, 0.5) is 0 Å². The largest absolute Gasteiger partial charge is 0.192 e. The summed E-state index contributed by atoms with van der Waals surface area (Å²) in [7, 11) is 0. The summed E-state index contributed by atoms with van der Waals surface area (Å²) in [6, 6.07) is 9.24. The van der Waals surface area contributed by atoms with Gasteiger partial charge in [-0.2, -0.15) is 5.26 Å². The van der Waals surface area contributed by atoms with E-state index >= 15 is 0 Å². The molecule has 2 heteroatoms. The van der Waals surface area contributed by atoms with Crippen LogP contribution in [-0.2, 0) is 0 Å². The summed E-state index contributed by atoms with van der Waals surface area (Å²) in [4.78, 5) is 0. The first-order valence-electron chi connectivity index (χ1n) is 2.98. The van der Waals surface area contributed by atoms with E-state index in [9.17, 15) is 0 Å². The molecule has 0 aliphatic rings. The van der Waals surface area contributed by atoms with Crippen molar-refractivity contribution in [1.29, 1.82) is 5.26 Å². The number of hydrogen-bond acceptors (Lipinski definition) is 1. The van der Waals surface area contributed by atoms with Crippen LogP contribution in [0, 0.1) is 21.2 Å². The second kappa shape index (κ2) is 4.00. The molecule has 0 fully saturated rings. The molecule has 0 spiro atoms. The third kappa shape index (κ3) is 2.25. The van der Waals surface area contributed by atoms with Gasteiger partial charge in [-0.05, 0) is 28.2 Å². The van der Waals surface area contributed by atoms with E-state index in [1.54, 1.807) is 12.1 Å². The molecular weight excluding hydrogens is 245 g/mol. The van der Waals surface area contributed by atoms with Crippen molar-refractivity contribution in [2.75, 3.05) is 0 Å². The summed E-state index contributed by atoms with van der Waals surface area (Å²) in [6.07, 6.45) is 0. The summed E-state index contributed by atoms with van der Waals surface area (Å²) in [6.45, 7) is 0. The molecule has 0 amide bonds. The topological polar surface area (TPSA) is 23.8 Å². The van der Waals surface area contributed by atoms with Crippen molar-refractivity contribution in [1.82, 2.24) is 0 Å². The number of halogens is 1. The van der Waals surface area contributed by atoms with Crippen LogP contribution in [0.5, 0.6) is 0 Å². The van der Waals surface area contributed by atoms with Crippen molar-refractivity contribution >= 4 is 22.6 Å². The van der Waals surface area contributed by atoms with E-state index in [0.717, 1.165) is 5.56 Å². The molecule has 0 aromatic heterocycles. The highest BCUT2D eigenvalue weighted by atomic mass is 123. The second-order valence-electron chi connectivity index (χ2n) is 1.91. The van der Waals surface area contributed by atoms with Gasteiger partial charge in [0.15, 0.2) is 0 Å². The van der Waals surface area contributed by atoms with Crippen molar-refractivity contribution in [3.63, 3.8) is 0 Å². The van der Waals surface area contributed by atoms with E-state index in [1.165, 1.54) is 0 Å². The monoisotopic (exact) mass is 249 g/mol. The molecule has 0 heterocycles. The highest BCUT2D eigenvalue weighted by Gasteiger charge is 1.87. The van der Waals surface area contributed by atoms with Crippen LogP contribution in [0.3, 0.4) is 0 Å². The molecule has 52 valence electrons. The van der Waals surface area contributed by atoms with Gasteiger partial charge in [0.2, 0.25) is 0 Å². The number of nitrogens with zero attached hydrogens (tertiary/aromatic N) is 1. The lowest BCUT2D eigenvalue weighted by molar-refractivity contribution is 1.48. The zero-order chi connectivity index (χ0) is 8.10. The molecule has 1 aromatic rings. The summed E-state index contributed by atoms with van der Waals surface area (Å²) in [5, 5.41) is 8.47. The van der Waals surface area contributed by atoms with Gasteiger partial charge in [-0.3, -0.25) is 0 Å². The highest BCUT2D eigenvalue weighted by molar-refractivity contribution is 14.1. The van der Waals surface area contributed by atoms with Gasteiger partial charge < -0.3 is 0 Å². The third-order valence-corrected chi connectivity index (χ3v) is 1.48. The summed E-state index contributed by atoms with van der Waals surface area (Å²) >= 11 is 1.98. The van der Waals surface area contributed by atoms with Crippen LogP contribution >= 0.6 is 22.6 Å². The fourth-order valence-electron chi connectivity index (χ4n) is 0.683. The number of nitriles is 1. The molecule has 0 N–H and O–H groups in total. The van der Waals surface area contributed by atoms with Gasteiger partial charge in [0.05, 0.1) is 11.6 Å². The summed E-state index contributed by atoms with van der Waals surface area (Å²) < 4.78 is 2.76. The van der Waals surface area contributed by atoms with Crippen LogP contribution in [-0.4, -0.2) is 0 Å². The Bertz CT molecular complexity index is 335. The van der Waals surface area contributed by atoms with E-state index in [0.29, 0.717) is 5.56 Å². The Morgan fingerprint density at radius 2 is 1.64 bits per heavy atom. The van der Waals surface area contributed by atoms with Gasteiger partial charge in [0, 0.05) is 28.2 Å². The quantitative estimate of drug-likeness (QED) is 0.511. The fourth-order valence-corrected chi connectivity index (χ4v) is 0.994. The van der Waals surface area contributed by atoms with Crippen molar-refractivity contribution in [3.8, 4) is 15.9 Å². The van der Waals surface area contributed by atoms with Gasteiger partial charge in [-0.25, -0.2) is 0 Å². The first kappa shape index (κ1) is 8.10. The van der Waals surface area contributed by atoms with Gasteiger partial charge >= 0.3 is 0 Å². The maximum atomic E-state index is 8.47. The second-order valence-corrected chi connectivity index (χ2v) is 2.45. The molecule has 0 aliphatic heterocycles. The van der Waals surface area contributed by atoms with Crippen LogP contribution < -0.4 is 0 Å². The van der Waals surface area contributed by atoms with Crippen molar-refractivity contribution in [2.24, 2.45) is 0 Å². The molecule has 0 atom stereocenters. The van der Waals surface area contributed by atoms with Crippen LogP contribution in [0.15, 0.2) is 24.3 Å². The first-order chi connectivity index (χ1) is 5.36. The Balaban J connectivity index is 3.00. The molecule has 0 radical (unpaired) electrons. The van der Waals surface area contributed by atoms with Crippen LogP contribution in [0.1, 0.15) is 11.1 Å². The van der Waals surface area contributed by atoms with Crippen LogP contribution in [0.2, 0.25) is 0 Å². The molecule has 1 rings (SSSR count). The lowest BCUT2D eigenvalue weighted by Gasteiger charge is -1.88. The van der Waals surface area contributed by atoms with Crippen LogP contribution in [0.25, 0.3) is 0 Å². The Kier molecular flexibility index (Phi) is 2.95. The summed E-state index contributed by atoms with van der Waals surface area (Å²) in [5.41, 5.74) is 1.61. The molecule has 11 heavy (non-hydrogen) atoms. The third-order valence-electron chi connectivity index (χ3n) is 1.21. The predicted octanol–water partition coefficient (Wildman–Crippen LogP) is 2.30. The summed E-state index contributed by atoms with van der Waals surface area (Å²) in [5.74, 6) is 2.89. The molecule has 0 saturated heterocycles. The van der Waals surface area contributed by atoms with Gasteiger partial charge in [-0.1, -0.05) is 5.92 Å². The Morgan fingerprint density at radius 1 is 1.09 bits per heavy atom. The van der Waals surface area contributed by atoms with Gasteiger partial charge in [0.1, 0.15) is 0 Å². The van der Waals surface area contributed by atoms with Gasteiger partial charge in [-0.15, -0.1) is 0 Å². The molecule has 1 aromatic carbocycles. The number of rotatable bonds is 0. The zero-order valence-corrected chi connectivity index (χ0v) is 7.79. The Hall–Kier alpha value is -1.00. The Morgan fingerprint density at radius 3 is 2.09 bits per heavy atom. The predicted molar refractivity (Wildman–Crippen MR) is 52.1 cm³/mol. The smallest absolute Gasteiger partial charge is 0.0991 e. The first-order valence-corrected chi connectivity index (χ1v) is 4.06. The standard InChI is InChI=1S/C9H4IN/c10-6-5-8-1-3-9(7-11)4-2-8/h1-4H/i10-4. The SMILES string of the molecule is N#Cc1ccc(C#C[123I])cc1. The minimum Gasteiger partial charge on any atom is -0.192 e. The van der Waals surface area contributed by atoms with Crippen molar-refractivity contribution in [3.05, 3.63) is 35.4 Å². The average Bonchev–Trinajstić information content (AvgIpc) is 2.07. The molecule has 0 unspecified atom stereocenters. The number of hydrogen-bond donors (Lipinski definition) is 0.